The Hall–Kier alpha value is -1.77. The lowest BCUT2D eigenvalue weighted by Crippen LogP contribution is -2.50. The van der Waals surface area contributed by atoms with Crippen molar-refractivity contribution in [2.45, 2.75) is 31.9 Å². The minimum Gasteiger partial charge on any atom is -0.377 e. The molecule has 4 rings (SSSR count). The van der Waals surface area contributed by atoms with Crippen LogP contribution >= 0.6 is 15.9 Å². The third-order valence-corrected chi connectivity index (χ3v) is 6.06. The molecule has 2 aromatic rings. The normalized spacial score (nSPS) is 20.8. The molecule has 28 heavy (non-hydrogen) atoms. The van der Waals surface area contributed by atoms with Crippen LogP contribution in [0.25, 0.3) is 10.9 Å². The van der Waals surface area contributed by atoms with Gasteiger partial charge < -0.3 is 9.64 Å². The molecule has 0 spiro atoms. The van der Waals surface area contributed by atoms with Crippen molar-refractivity contribution in [3.63, 3.8) is 0 Å². The summed E-state index contributed by atoms with van der Waals surface area (Å²) < 4.78 is 8.07. The van der Waals surface area contributed by atoms with E-state index >= 15 is 0 Å². The maximum absolute atomic E-state index is 12.6. The van der Waals surface area contributed by atoms with Crippen LogP contribution in [0, 0.1) is 0 Å². The average Bonchev–Trinajstić information content (AvgIpc) is 3.21. The Morgan fingerprint density at radius 3 is 2.82 bits per heavy atom. The molecule has 0 bridgehead atoms. The van der Waals surface area contributed by atoms with Crippen LogP contribution in [0.4, 0.5) is 0 Å². The van der Waals surface area contributed by atoms with E-state index in [1.807, 2.05) is 17.0 Å². The first-order chi connectivity index (χ1) is 13.6. The van der Waals surface area contributed by atoms with Gasteiger partial charge in [-0.2, -0.15) is 0 Å². The van der Waals surface area contributed by atoms with Crippen LogP contribution in [0.3, 0.4) is 0 Å². The van der Waals surface area contributed by atoms with Crippen LogP contribution in [-0.4, -0.2) is 70.7 Å². The number of aryl methyl sites for hydroxylation is 1. The van der Waals surface area contributed by atoms with Crippen molar-refractivity contribution in [3.8, 4) is 0 Å². The fourth-order valence-corrected chi connectivity index (χ4v) is 4.28. The Labute approximate surface area is 172 Å². The SMILES string of the molecule is O=C(CCn1cnc2ccc(Br)cc2c1=O)N1CCN(CC2CCCO2)CC1. The lowest BCUT2D eigenvalue weighted by molar-refractivity contribution is -0.133. The fraction of sp³-hybridized carbons (Fsp3) is 0.550. The van der Waals surface area contributed by atoms with Crippen molar-refractivity contribution in [2.24, 2.45) is 0 Å². The molecule has 0 N–H and O–H groups in total. The second-order valence-corrected chi connectivity index (χ2v) is 8.39. The lowest BCUT2D eigenvalue weighted by Gasteiger charge is -2.35. The van der Waals surface area contributed by atoms with Crippen LogP contribution < -0.4 is 5.56 Å². The minimum absolute atomic E-state index is 0.0954. The number of amides is 1. The molecule has 1 amide bonds. The van der Waals surface area contributed by atoms with E-state index in [9.17, 15) is 9.59 Å². The van der Waals surface area contributed by atoms with Gasteiger partial charge in [-0.15, -0.1) is 0 Å². The number of hydrogen-bond acceptors (Lipinski definition) is 5. The second kappa shape index (κ2) is 8.71. The Kier molecular flexibility index (Phi) is 6.08. The molecule has 1 aromatic carbocycles. The van der Waals surface area contributed by atoms with Crippen molar-refractivity contribution in [2.75, 3.05) is 39.3 Å². The molecule has 1 aromatic heterocycles. The maximum Gasteiger partial charge on any atom is 0.261 e. The zero-order valence-corrected chi connectivity index (χ0v) is 17.4. The van der Waals surface area contributed by atoms with Gasteiger partial charge in [0.25, 0.3) is 5.56 Å². The van der Waals surface area contributed by atoms with Crippen molar-refractivity contribution in [1.82, 2.24) is 19.4 Å². The van der Waals surface area contributed by atoms with Crippen LogP contribution in [-0.2, 0) is 16.1 Å². The van der Waals surface area contributed by atoms with Crippen LogP contribution in [0.1, 0.15) is 19.3 Å². The predicted octanol–water partition coefficient (Wildman–Crippen LogP) is 1.87. The highest BCUT2D eigenvalue weighted by Crippen LogP contribution is 2.16. The number of ether oxygens (including phenoxy) is 1. The van der Waals surface area contributed by atoms with Gasteiger partial charge in [0, 0.05) is 56.8 Å². The van der Waals surface area contributed by atoms with Gasteiger partial charge in [0.2, 0.25) is 5.91 Å². The van der Waals surface area contributed by atoms with Crippen LogP contribution in [0.15, 0.2) is 33.8 Å². The standard InChI is InChI=1S/C20H25BrN4O3/c21-15-3-4-18-17(12-15)20(27)25(14-22-18)6-5-19(26)24-9-7-23(8-10-24)13-16-2-1-11-28-16/h3-4,12,14,16H,1-2,5-11,13H2. The third-order valence-electron chi connectivity index (χ3n) is 5.56. The van der Waals surface area contributed by atoms with Gasteiger partial charge in [-0.3, -0.25) is 19.1 Å². The molecule has 7 nitrogen and oxygen atoms in total. The number of piperazine rings is 1. The largest absolute Gasteiger partial charge is 0.377 e. The Morgan fingerprint density at radius 2 is 2.07 bits per heavy atom. The first-order valence-corrected chi connectivity index (χ1v) is 10.7. The van der Waals surface area contributed by atoms with Gasteiger partial charge in [0.1, 0.15) is 0 Å². The summed E-state index contributed by atoms with van der Waals surface area (Å²) in [6, 6.07) is 5.45. The van der Waals surface area contributed by atoms with Crippen LogP contribution in [0.5, 0.6) is 0 Å². The molecule has 2 aliphatic heterocycles. The maximum atomic E-state index is 12.6. The number of rotatable bonds is 5. The summed E-state index contributed by atoms with van der Waals surface area (Å²) in [6.07, 6.45) is 4.50. The van der Waals surface area contributed by atoms with Gasteiger partial charge in [0.15, 0.2) is 0 Å². The number of fused-ring (bicyclic) bond motifs is 1. The Balaban J connectivity index is 1.30. The number of benzene rings is 1. The number of aromatic nitrogens is 2. The number of carbonyl (C=O) groups is 1. The van der Waals surface area contributed by atoms with E-state index in [0.717, 1.165) is 56.6 Å². The van der Waals surface area contributed by atoms with Gasteiger partial charge in [-0.25, -0.2) is 4.98 Å². The van der Waals surface area contributed by atoms with E-state index in [1.165, 1.54) is 10.9 Å². The van der Waals surface area contributed by atoms with Crippen molar-refractivity contribution < 1.29 is 9.53 Å². The molecule has 1 atom stereocenters. The summed E-state index contributed by atoms with van der Waals surface area (Å²) in [5.41, 5.74) is 0.554. The van der Waals surface area contributed by atoms with Crippen molar-refractivity contribution in [3.05, 3.63) is 39.4 Å². The highest BCUT2D eigenvalue weighted by Gasteiger charge is 2.24. The average molecular weight is 449 g/mol. The van der Waals surface area contributed by atoms with E-state index in [2.05, 4.69) is 25.8 Å². The molecule has 150 valence electrons. The fourth-order valence-electron chi connectivity index (χ4n) is 3.92. The van der Waals surface area contributed by atoms with Crippen LogP contribution in [0.2, 0.25) is 0 Å². The highest BCUT2D eigenvalue weighted by atomic mass is 79.9. The summed E-state index contributed by atoms with van der Waals surface area (Å²) in [5, 5.41) is 0.562. The smallest absolute Gasteiger partial charge is 0.261 e. The van der Waals surface area contributed by atoms with E-state index in [-0.39, 0.29) is 11.5 Å². The first-order valence-electron chi connectivity index (χ1n) is 9.86. The monoisotopic (exact) mass is 448 g/mol. The summed E-state index contributed by atoms with van der Waals surface area (Å²) in [6.45, 7) is 5.45. The molecular formula is C20H25BrN4O3. The summed E-state index contributed by atoms with van der Waals surface area (Å²) >= 11 is 3.39. The van der Waals surface area contributed by atoms with Crippen molar-refractivity contribution in [1.29, 1.82) is 0 Å². The molecule has 2 fully saturated rings. The van der Waals surface area contributed by atoms with E-state index in [1.54, 1.807) is 6.07 Å². The molecular weight excluding hydrogens is 424 g/mol. The summed E-state index contributed by atoms with van der Waals surface area (Å²) in [5.74, 6) is 0.0954. The number of nitrogens with zero attached hydrogens (tertiary/aromatic N) is 4. The third kappa shape index (κ3) is 4.45. The van der Waals surface area contributed by atoms with Gasteiger partial charge in [-0.05, 0) is 31.0 Å². The molecule has 3 heterocycles. The number of hydrogen-bond donors (Lipinski definition) is 0. The Bertz CT molecular complexity index is 902. The van der Waals surface area contributed by atoms with E-state index < -0.39 is 0 Å². The molecule has 0 saturated carbocycles. The number of carbonyl (C=O) groups excluding carboxylic acids is 1. The quantitative estimate of drug-likeness (QED) is 0.698. The molecule has 1 unspecified atom stereocenters. The predicted molar refractivity (Wildman–Crippen MR) is 110 cm³/mol. The zero-order chi connectivity index (χ0) is 19.5. The van der Waals surface area contributed by atoms with Gasteiger partial charge >= 0.3 is 0 Å². The first kappa shape index (κ1) is 19.5. The van der Waals surface area contributed by atoms with Crippen molar-refractivity contribution >= 4 is 32.7 Å². The number of halogens is 1. The minimum atomic E-state index is -0.111. The highest BCUT2D eigenvalue weighted by molar-refractivity contribution is 9.10. The van der Waals surface area contributed by atoms with Gasteiger partial charge in [-0.1, -0.05) is 15.9 Å². The lowest BCUT2D eigenvalue weighted by atomic mass is 10.2. The molecule has 2 saturated heterocycles. The molecule has 2 aliphatic rings. The van der Waals surface area contributed by atoms with E-state index in [0.29, 0.717) is 30.0 Å². The Morgan fingerprint density at radius 1 is 1.25 bits per heavy atom. The van der Waals surface area contributed by atoms with Gasteiger partial charge in [0.05, 0.1) is 23.3 Å². The summed E-state index contributed by atoms with van der Waals surface area (Å²) in [7, 11) is 0. The molecule has 0 radical (unpaired) electrons. The summed E-state index contributed by atoms with van der Waals surface area (Å²) in [4.78, 5) is 33.8. The molecule has 8 heteroatoms. The van der Waals surface area contributed by atoms with E-state index in [4.69, 9.17) is 4.74 Å². The topological polar surface area (TPSA) is 67.7 Å². The second-order valence-electron chi connectivity index (χ2n) is 7.47. The zero-order valence-electron chi connectivity index (χ0n) is 15.8. The molecule has 0 aliphatic carbocycles.